The molecule has 2 heterocycles. The molecule has 1 amide bonds. The van der Waals surface area contributed by atoms with Crippen molar-refractivity contribution in [2.45, 2.75) is 83.6 Å². The maximum atomic E-state index is 14.1. The summed E-state index contributed by atoms with van der Waals surface area (Å²) in [4.78, 5) is 32.0. The van der Waals surface area contributed by atoms with Crippen molar-refractivity contribution in [3.05, 3.63) is 52.8 Å². The number of likely N-dealkylation sites (tertiary alicyclic amines) is 1. The van der Waals surface area contributed by atoms with Crippen molar-refractivity contribution in [3.8, 4) is 11.3 Å². The molecular formula is C27H36FN3O4. The number of rotatable bonds is 6. The molecule has 1 aromatic heterocycles. The van der Waals surface area contributed by atoms with Crippen LogP contribution in [0.2, 0.25) is 0 Å². The molecule has 2 atom stereocenters. The second kappa shape index (κ2) is 10.2. The summed E-state index contributed by atoms with van der Waals surface area (Å²) in [7, 11) is 0. The number of amides is 1. The van der Waals surface area contributed by atoms with Crippen LogP contribution in [0.4, 0.5) is 4.39 Å². The van der Waals surface area contributed by atoms with Crippen LogP contribution in [0.25, 0.3) is 11.3 Å². The van der Waals surface area contributed by atoms with Gasteiger partial charge in [-0.25, -0.2) is 9.37 Å². The molecule has 2 unspecified atom stereocenters. The molecular weight excluding hydrogens is 449 g/mol. The van der Waals surface area contributed by atoms with Crippen LogP contribution in [0.5, 0.6) is 0 Å². The molecule has 0 spiro atoms. The fourth-order valence-electron chi connectivity index (χ4n) is 5.29. The minimum atomic E-state index is -1.22. The van der Waals surface area contributed by atoms with Gasteiger partial charge in [-0.15, -0.1) is 0 Å². The van der Waals surface area contributed by atoms with E-state index in [0.717, 1.165) is 25.7 Å². The highest BCUT2D eigenvalue weighted by Gasteiger charge is 2.49. The molecule has 0 radical (unpaired) electrons. The van der Waals surface area contributed by atoms with Crippen molar-refractivity contribution < 1.29 is 19.0 Å². The number of nitrogens with zero attached hydrogens (tertiary/aromatic N) is 3. The van der Waals surface area contributed by atoms with Gasteiger partial charge in [-0.3, -0.25) is 14.2 Å². The van der Waals surface area contributed by atoms with E-state index in [0.29, 0.717) is 19.5 Å². The van der Waals surface area contributed by atoms with Crippen molar-refractivity contribution in [2.75, 3.05) is 13.1 Å². The summed E-state index contributed by atoms with van der Waals surface area (Å²) >= 11 is 0. The number of benzene rings is 1. The van der Waals surface area contributed by atoms with Gasteiger partial charge in [0.25, 0.3) is 11.5 Å². The summed E-state index contributed by atoms with van der Waals surface area (Å²) in [5, 5.41) is 11.6. The number of ether oxygens (including phenoxy) is 1. The summed E-state index contributed by atoms with van der Waals surface area (Å²) in [6.45, 7) is 6.41. The van der Waals surface area contributed by atoms with E-state index in [-0.39, 0.29) is 35.4 Å². The third-order valence-corrected chi connectivity index (χ3v) is 7.71. The highest BCUT2D eigenvalue weighted by molar-refractivity contribution is 5.80. The monoisotopic (exact) mass is 485 g/mol. The Morgan fingerprint density at radius 1 is 1.26 bits per heavy atom. The smallest absolute Gasteiger partial charge is 0.253 e. The standard InChI is InChI=1S/C27H36FN3O4/c1-19(35-20-9-5-4-6-10-20)25(33)30-14-13-27(34,26(2,3)16-30)17-31-18-29-23(15-24(31)32)21-11-7-8-12-22(21)28/h7-8,11-12,15,18-20,34H,4-6,9-10,13-14,16-17H2,1-3H3. The topological polar surface area (TPSA) is 84.7 Å². The minimum Gasteiger partial charge on any atom is -0.387 e. The molecule has 190 valence electrons. The molecule has 2 aromatic rings. The van der Waals surface area contributed by atoms with E-state index >= 15 is 0 Å². The summed E-state index contributed by atoms with van der Waals surface area (Å²) in [6.07, 6.45) is 6.82. The van der Waals surface area contributed by atoms with Gasteiger partial charge in [-0.05, 0) is 38.3 Å². The Kier molecular flexibility index (Phi) is 7.43. The number of aromatic nitrogens is 2. The van der Waals surface area contributed by atoms with Gasteiger partial charge >= 0.3 is 0 Å². The molecule has 1 aromatic carbocycles. The fourth-order valence-corrected chi connectivity index (χ4v) is 5.29. The Morgan fingerprint density at radius 3 is 2.63 bits per heavy atom. The van der Waals surface area contributed by atoms with E-state index in [2.05, 4.69) is 4.98 Å². The molecule has 1 aliphatic heterocycles. The second-order valence-electron chi connectivity index (χ2n) is 10.7. The highest BCUT2D eigenvalue weighted by Crippen LogP contribution is 2.40. The first kappa shape index (κ1) is 25.5. The summed E-state index contributed by atoms with van der Waals surface area (Å²) in [5.41, 5.74) is -1.75. The first-order valence-electron chi connectivity index (χ1n) is 12.6. The van der Waals surface area contributed by atoms with E-state index in [1.54, 1.807) is 23.1 Å². The van der Waals surface area contributed by atoms with Crippen LogP contribution >= 0.6 is 0 Å². The third kappa shape index (κ3) is 5.48. The van der Waals surface area contributed by atoms with E-state index < -0.39 is 22.9 Å². The number of carbonyl (C=O) groups excluding carboxylic acids is 1. The Bertz CT molecular complexity index is 1110. The lowest BCUT2D eigenvalue weighted by Crippen LogP contribution is -2.61. The third-order valence-electron chi connectivity index (χ3n) is 7.71. The van der Waals surface area contributed by atoms with Crippen molar-refractivity contribution in [1.29, 1.82) is 0 Å². The number of aliphatic hydroxyl groups is 1. The normalized spacial score (nSPS) is 23.7. The average molecular weight is 486 g/mol. The zero-order valence-electron chi connectivity index (χ0n) is 20.9. The van der Waals surface area contributed by atoms with E-state index in [4.69, 9.17) is 4.74 Å². The minimum absolute atomic E-state index is 0.0412. The van der Waals surface area contributed by atoms with Crippen LogP contribution in [-0.4, -0.2) is 56.4 Å². The Labute approximate surface area is 205 Å². The average Bonchev–Trinajstić information content (AvgIpc) is 2.83. The lowest BCUT2D eigenvalue weighted by Gasteiger charge is -2.50. The maximum absolute atomic E-state index is 14.1. The van der Waals surface area contributed by atoms with Crippen LogP contribution in [0.3, 0.4) is 0 Å². The molecule has 1 N–H and O–H groups in total. The largest absolute Gasteiger partial charge is 0.387 e. The van der Waals surface area contributed by atoms with Gasteiger partial charge in [0.05, 0.1) is 30.3 Å². The Hall–Kier alpha value is -2.58. The lowest BCUT2D eigenvalue weighted by atomic mass is 9.69. The zero-order chi connectivity index (χ0) is 25.2. The molecule has 2 fully saturated rings. The molecule has 2 aliphatic rings. The van der Waals surface area contributed by atoms with Gasteiger partial charge in [0.1, 0.15) is 11.9 Å². The summed E-state index contributed by atoms with van der Waals surface area (Å²) in [6, 6.07) is 7.45. The van der Waals surface area contributed by atoms with Crippen molar-refractivity contribution >= 4 is 5.91 Å². The van der Waals surface area contributed by atoms with Crippen LogP contribution < -0.4 is 5.56 Å². The second-order valence-corrected chi connectivity index (χ2v) is 10.7. The predicted octanol–water partition coefficient (Wildman–Crippen LogP) is 3.78. The Morgan fingerprint density at radius 2 is 1.97 bits per heavy atom. The number of hydrogen-bond donors (Lipinski definition) is 1. The quantitative estimate of drug-likeness (QED) is 0.673. The Balaban J connectivity index is 1.43. The van der Waals surface area contributed by atoms with Gasteiger partial charge in [0.15, 0.2) is 0 Å². The van der Waals surface area contributed by atoms with E-state index in [9.17, 15) is 19.1 Å². The van der Waals surface area contributed by atoms with Crippen LogP contribution in [0.15, 0.2) is 41.5 Å². The molecule has 1 saturated heterocycles. The number of halogens is 1. The molecule has 1 aliphatic carbocycles. The molecule has 0 bridgehead atoms. The van der Waals surface area contributed by atoms with Crippen LogP contribution in [0, 0.1) is 11.2 Å². The molecule has 1 saturated carbocycles. The van der Waals surface area contributed by atoms with Crippen molar-refractivity contribution in [1.82, 2.24) is 14.5 Å². The molecule has 4 rings (SSSR count). The molecule has 7 nitrogen and oxygen atoms in total. The number of hydrogen-bond acceptors (Lipinski definition) is 5. The fraction of sp³-hybridized carbons (Fsp3) is 0.593. The number of piperidine rings is 1. The van der Waals surface area contributed by atoms with Crippen molar-refractivity contribution in [3.63, 3.8) is 0 Å². The van der Waals surface area contributed by atoms with Gasteiger partial charge in [0.2, 0.25) is 0 Å². The van der Waals surface area contributed by atoms with E-state index in [1.807, 2.05) is 20.8 Å². The summed E-state index contributed by atoms with van der Waals surface area (Å²) in [5.74, 6) is -0.505. The SMILES string of the molecule is CC(OC1CCCCC1)C(=O)N1CCC(O)(Cn2cnc(-c3ccccc3F)cc2=O)C(C)(C)C1. The summed E-state index contributed by atoms with van der Waals surface area (Å²) < 4.78 is 21.5. The lowest BCUT2D eigenvalue weighted by molar-refractivity contribution is -0.165. The van der Waals surface area contributed by atoms with Crippen LogP contribution in [0.1, 0.15) is 59.3 Å². The first-order chi connectivity index (χ1) is 16.6. The van der Waals surface area contributed by atoms with Crippen LogP contribution in [-0.2, 0) is 16.1 Å². The van der Waals surface area contributed by atoms with E-state index in [1.165, 1.54) is 29.4 Å². The molecule has 35 heavy (non-hydrogen) atoms. The number of carbonyl (C=O) groups is 1. The predicted molar refractivity (Wildman–Crippen MR) is 131 cm³/mol. The highest BCUT2D eigenvalue weighted by atomic mass is 19.1. The molecule has 8 heteroatoms. The van der Waals surface area contributed by atoms with Gasteiger partial charge in [-0.2, -0.15) is 0 Å². The van der Waals surface area contributed by atoms with Crippen molar-refractivity contribution in [2.24, 2.45) is 5.41 Å². The zero-order valence-corrected chi connectivity index (χ0v) is 20.9. The maximum Gasteiger partial charge on any atom is 0.253 e. The van der Waals surface area contributed by atoms with Gasteiger partial charge < -0.3 is 14.7 Å². The van der Waals surface area contributed by atoms with Gasteiger partial charge in [0, 0.05) is 30.1 Å². The van der Waals surface area contributed by atoms with Gasteiger partial charge in [-0.1, -0.05) is 45.2 Å². The first-order valence-corrected chi connectivity index (χ1v) is 12.6.